The summed E-state index contributed by atoms with van der Waals surface area (Å²) in [5.74, 6) is 0.135. The van der Waals surface area contributed by atoms with Gasteiger partial charge in [0.05, 0.1) is 7.11 Å². The molecule has 0 aliphatic carbocycles. The number of carbonyl (C=O) groups is 3. The number of methoxy groups -OCH3 is 1. The molecule has 0 aliphatic heterocycles. The van der Waals surface area contributed by atoms with Gasteiger partial charge >= 0.3 is 6.09 Å². The predicted octanol–water partition coefficient (Wildman–Crippen LogP) is 6.25. The number of nitrogens with zero attached hydrogens (tertiary/aromatic N) is 1. The first-order valence-electron chi connectivity index (χ1n) is 13.7. The van der Waals surface area contributed by atoms with Crippen LogP contribution >= 0.6 is 0 Å². The van der Waals surface area contributed by atoms with Crippen LogP contribution in [-0.4, -0.2) is 48.1 Å². The number of hydrogen-bond acceptors (Lipinski definition) is 5. The van der Waals surface area contributed by atoms with E-state index >= 15 is 0 Å². The molecule has 0 saturated heterocycles. The van der Waals surface area contributed by atoms with Crippen LogP contribution in [0.4, 0.5) is 10.5 Å². The topological polar surface area (TPSA) is 97.0 Å². The number of aryl methyl sites for hydroxylation is 1. The van der Waals surface area contributed by atoms with Crippen molar-refractivity contribution in [2.45, 2.75) is 85.4 Å². The molecule has 2 aromatic rings. The van der Waals surface area contributed by atoms with Crippen LogP contribution in [0.1, 0.15) is 78.0 Å². The third-order valence-corrected chi connectivity index (χ3v) is 6.01. The van der Waals surface area contributed by atoms with Crippen LogP contribution < -0.4 is 15.4 Å². The van der Waals surface area contributed by atoms with Crippen molar-refractivity contribution in [1.29, 1.82) is 0 Å². The molecule has 8 nitrogen and oxygen atoms in total. The summed E-state index contributed by atoms with van der Waals surface area (Å²) in [4.78, 5) is 42.4. The number of alkyl carbamates (subject to hydrolysis) is 1. The van der Waals surface area contributed by atoms with Crippen molar-refractivity contribution >= 4 is 23.6 Å². The minimum absolute atomic E-state index is 0.118. The lowest BCUT2D eigenvalue weighted by atomic mass is 9.98. The molecule has 0 bridgehead atoms. The van der Waals surface area contributed by atoms with Gasteiger partial charge in [0.15, 0.2) is 0 Å². The first-order valence-corrected chi connectivity index (χ1v) is 13.7. The third kappa shape index (κ3) is 10.3. The minimum atomic E-state index is -0.902. The van der Waals surface area contributed by atoms with E-state index in [0.717, 1.165) is 12.0 Å². The van der Waals surface area contributed by atoms with Crippen molar-refractivity contribution in [3.63, 3.8) is 0 Å². The summed E-state index contributed by atoms with van der Waals surface area (Å²) < 4.78 is 10.7. The Morgan fingerprint density at radius 3 is 2.23 bits per heavy atom. The number of hydrogen-bond donors (Lipinski definition) is 2. The molecule has 0 aromatic heterocycles. The lowest BCUT2D eigenvalue weighted by Gasteiger charge is -2.35. The maximum absolute atomic E-state index is 14.2. The van der Waals surface area contributed by atoms with Gasteiger partial charge in [-0.05, 0) is 76.3 Å². The third-order valence-electron chi connectivity index (χ3n) is 6.01. The maximum atomic E-state index is 14.2. The number of carbonyl (C=O) groups excluding carboxylic acids is 3. The summed E-state index contributed by atoms with van der Waals surface area (Å²) in [5.41, 5.74) is 1.56. The molecule has 2 N–H and O–H groups in total. The number of rotatable bonds is 12. The number of unbranched alkanes of at least 4 members (excludes halogenated alkanes) is 1. The molecule has 2 atom stereocenters. The zero-order valence-electron chi connectivity index (χ0n) is 24.7. The molecule has 0 aliphatic rings. The summed E-state index contributed by atoms with van der Waals surface area (Å²) in [5, 5.41) is 5.76. The number of nitrogens with one attached hydrogen (secondary N) is 2. The normalized spacial score (nSPS) is 12.8. The first kappa shape index (κ1) is 31.7. The summed E-state index contributed by atoms with van der Waals surface area (Å²) in [6.07, 6.45) is 1.27. The highest BCUT2D eigenvalue weighted by Gasteiger charge is 2.36. The summed E-state index contributed by atoms with van der Waals surface area (Å²) in [6, 6.07) is 12.9. The molecule has 0 saturated carbocycles. The molecule has 3 amide bonds. The molecule has 2 unspecified atom stereocenters. The number of anilines is 1. The molecular weight excluding hydrogens is 494 g/mol. The van der Waals surface area contributed by atoms with Crippen molar-refractivity contribution in [3.8, 4) is 5.75 Å². The predicted molar refractivity (Wildman–Crippen MR) is 155 cm³/mol. The quantitative estimate of drug-likeness (QED) is 0.332. The fraction of sp³-hybridized carbons (Fsp3) is 0.516. The second kappa shape index (κ2) is 14.6. The molecule has 0 fully saturated rings. The van der Waals surface area contributed by atoms with Gasteiger partial charge in [-0.1, -0.05) is 57.0 Å². The average molecular weight is 540 g/mol. The van der Waals surface area contributed by atoms with Crippen molar-refractivity contribution in [2.24, 2.45) is 5.92 Å². The Labute approximate surface area is 233 Å². The van der Waals surface area contributed by atoms with Crippen LogP contribution in [0.25, 0.3) is 0 Å². The molecule has 0 heterocycles. The van der Waals surface area contributed by atoms with E-state index < -0.39 is 23.8 Å². The van der Waals surface area contributed by atoms with Gasteiger partial charge in [-0.2, -0.15) is 0 Å². The monoisotopic (exact) mass is 539 g/mol. The van der Waals surface area contributed by atoms with Gasteiger partial charge in [-0.15, -0.1) is 0 Å². The summed E-state index contributed by atoms with van der Waals surface area (Å²) in [7, 11) is 1.58. The van der Waals surface area contributed by atoms with E-state index in [4.69, 9.17) is 9.47 Å². The Hall–Kier alpha value is -3.55. The fourth-order valence-corrected chi connectivity index (χ4v) is 4.24. The number of amides is 3. The van der Waals surface area contributed by atoms with E-state index in [0.29, 0.717) is 36.4 Å². The van der Waals surface area contributed by atoms with E-state index in [9.17, 15) is 14.4 Å². The highest BCUT2D eigenvalue weighted by Crippen LogP contribution is 2.27. The van der Waals surface area contributed by atoms with Gasteiger partial charge in [-0.3, -0.25) is 9.59 Å². The zero-order chi connectivity index (χ0) is 29.2. The molecule has 0 spiro atoms. The average Bonchev–Trinajstić information content (AvgIpc) is 2.84. The first-order chi connectivity index (χ1) is 18.3. The van der Waals surface area contributed by atoms with Crippen LogP contribution in [0.5, 0.6) is 5.75 Å². The zero-order valence-corrected chi connectivity index (χ0v) is 24.7. The largest absolute Gasteiger partial charge is 0.497 e. The second-order valence-electron chi connectivity index (χ2n) is 11.2. The Kier molecular flexibility index (Phi) is 11.8. The maximum Gasteiger partial charge on any atom is 0.408 e. The van der Waals surface area contributed by atoms with Crippen LogP contribution in [0.3, 0.4) is 0 Å². The van der Waals surface area contributed by atoms with E-state index in [1.807, 2.05) is 52.0 Å². The Morgan fingerprint density at radius 2 is 1.69 bits per heavy atom. The van der Waals surface area contributed by atoms with Crippen LogP contribution in [0.15, 0.2) is 48.5 Å². The molecule has 0 radical (unpaired) electrons. The molecule has 8 heteroatoms. The van der Waals surface area contributed by atoms with Crippen LogP contribution in [0, 0.1) is 12.8 Å². The van der Waals surface area contributed by atoms with E-state index in [2.05, 4.69) is 10.6 Å². The van der Waals surface area contributed by atoms with Gasteiger partial charge in [0.1, 0.15) is 23.4 Å². The van der Waals surface area contributed by atoms with Crippen LogP contribution in [-0.2, 0) is 14.3 Å². The minimum Gasteiger partial charge on any atom is -0.497 e. The molecule has 2 aromatic carbocycles. The van der Waals surface area contributed by atoms with Gasteiger partial charge in [0.2, 0.25) is 5.91 Å². The summed E-state index contributed by atoms with van der Waals surface area (Å²) in [6.45, 7) is 13.6. The fourth-order valence-electron chi connectivity index (χ4n) is 4.24. The van der Waals surface area contributed by atoms with Crippen LogP contribution in [0.2, 0.25) is 0 Å². The lowest BCUT2D eigenvalue weighted by molar-refractivity contribution is -0.141. The summed E-state index contributed by atoms with van der Waals surface area (Å²) >= 11 is 0. The highest BCUT2D eigenvalue weighted by molar-refractivity contribution is 5.99. The van der Waals surface area contributed by atoms with Gasteiger partial charge < -0.3 is 25.0 Å². The highest BCUT2D eigenvalue weighted by atomic mass is 16.6. The van der Waals surface area contributed by atoms with Gasteiger partial charge in [0, 0.05) is 12.2 Å². The van der Waals surface area contributed by atoms with Gasteiger partial charge in [0.25, 0.3) is 5.91 Å². The molecular formula is C31H45N3O5. The van der Waals surface area contributed by atoms with Crippen molar-refractivity contribution < 1.29 is 23.9 Å². The van der Waals surface area contributed by atoms with E-state index in [1.165, 1.54) is 0 Å². The standard InChI is InChI=1S/C31H45N3O5/c1-9-10-18-34(29(36)26(19-21(2)3)33-30(37)39-31(5,6)7)27(23-13-11-12-22(4)20-23)28(35)32-24-14-16-25(38-8)17-15-24/h11-17,20-21,26-27H,9-10,18-19H2,1-8H3,(H,32,35)(H,33,37). The van der Waals surface area contributed by atoms with E-state index in [1.54, 1.807) is 57.0 Å². The number of benzene rings is 2. The molecule has 2 rings (SSSR count). The lowest BCUT2D eigenvalue weighted by Crippen LogP contribution is -2.53. The Morgan fingerprint density at radius 1 is 1.03 bits per heavy atom. The Bertz CT molecular complexity index is 1090. The second-order valence-corrected chi connectivity index (χ2v) is 11.2. The van der Waals surface area contributed by atoms with E-state index in [-0.39, 0.29) is 17.7 Å². The molecule has 214 valence electrons. The van der Waals surface area contributed by atoms with Crippen molar-refractivity contribution in [1.82, 2.24) is 10.2 Å². The number of ether oxygens (including phenoxy) is 2. The Balaban J connectivity index is 2.50. The van der Waals surface area contributed by atoms with Gasteiger partial charge in [-0.25, -0.2) is 4.79 Å². The van der Waals surface area contributed by atoms with Crippen molar-refractivity contribution in [3.05, 3.63) is 59.7 Å². The SMILES string of the molecule is CCCCN(C(=O)C(CC(C)C)NC(=O)OC(C)(C)C)C(C(=O)Nc1ccc(OC)cc1)c1cccc(C)c1. The smallest absolute Gasteiger partial charge is 0.408 e. The van der Waals surface area contributed by atoms with Crippen molar-refractivity contribution in [2.75, 3.05) is 19.0 Å². The molecule has 39 heavy (non-hydrogen) atoms.